The van der Waals surface area contributed by atoms with Crippen LogP contribution in [0.15, 0.2) is 54.6 Å². The Bertz CT molecular complexity index is 1180. The van der Waals surface area contributed by atoms with Gasteiger partial charge in [-0.1, -0.05) is 56.0 Å². The van der Waals surface area contributed by atoms with E-state index >= 15 is 0 Å². The lowest BCUT2D eigenvalue weighted by Gasteiger charge is -2.36. The van der Waals surface area contributed by atoms with Crippen LogP contribution in [-0.4, -0.2) is 52.3 Å². The number of imide groups is 1. The minimum atomic E-state index is -0.525. The second-order valence-electron chi connectivity index (χ2n) is 9.48. The number of ether oxygens (including phenoxy) is 1. The molecule has 2 amide bonds. The first-order chi connectivity index (χ1) is 17.3. The Morgan fingerprint density at radius 2 is 1.72 bits per heavy atom. The van der Waals surface area contributed by atoms with Crippen molar-refractivity contribution in [2.24, 2.45) is 11.8 Å². The summed E-state index contributed by atoms with van der Waals surface area (Å²) >= 11 is 6.96. The molecule has 0 aliphatic carbocycles. The molecular weight excluding hydrogens is 492 g/mol. The monoisotopic (exact) mass is 522 g/mol. The molecule has 2 aliphatic rings. The normalized spacial score (nSPS) is 22.4. The van der Waals surface area contributed by atoms with Gasteiger partial charge in [-0.2, -0.15) is 0 Å². The molecule has 0 N–H and O–H groups in total. The van der Waals surface area contributed by atoms with E-state index in [0.717, 1.165) is 18.7 Å². The third-order valence-electron chi connectivity index (χ3n) is 6.44. The van der Waals surface area contributed by atoms with Gasteiger partial charge in [-0.3, -0.25) is 14.4 Å². The molecule has 0 radical (unpaired) electrons. The maximum absolute atomic E-state index is 13.1. The molecule has 2 fully saturated rings. The summed E-state index contributed by atoms with van der Waals surface area (Å²) in [5.74, 6) is 1.08. The van der Waals surface area contributed by atoms with E-state index in [1.807, 2.05) is 24.3 Å². The van der Waals surface area contributed by atoms with E-state index < -0.39 is 5.25 Å². The second kappa shape index (κ2) is 11.4. The molecule has 2 aromatic rings. The number of carbonyl (C=O) groups is 3. The summed E-state index contributed by atoms with van der Waals surface area (Å²) in [7, 11) is 1.58. The van der Waals surface area contributed by atoms with Crippen LogP contribution in [0.1, 0.15) is 42.6 Å². The molecule has 2 saturated heterocycles. The van der Waals surface area contributed by atoms with Crippen LogP contribution in [0.3, 0.4) is 0 Å². The number of thiocarbonyl (C=S) groups is 1. The Balaban J connectivity index is 1.40. The van der Waals surface area contributed by atoms with Crippen molar-refractivity contribution >= 4 is 57.7 Å². The van der Waals surface area contributed by atoms with Gasteiger partial charge >= 0.3 is 0 Å². The molecule has 188 valence electrons. The minimum absolute atomic E-state index is 0.116. The van der Waals surface area contributed by atoms with Crippen LogP contribution < -0.4 is 9.64 Å². The maximum Gasteiger partial charge on any atom is 0.247 e. The number of allylic oxidation sites excluding steroid dienone is 1. The molecule has 0 saturated carbocycles. The highest BCUT2D eigenvalue weighted by molar-refractivity contribution is 8.23. The molecule has 6 nitrogen and oxygen atoms in total. The largest absolute Gasteiger partial charge is 0.496 e. The topological polar surface area (TPSA) is 66.9 Å². The third kappa shape index (κ3) is 5.87. The van der Waals surface area contributed by atoms with Gasteiger partial charge in [-0.05, 0) is 60.7 Å². The Labute approximate surface area is 221 Å². The quantitative estimate of drug-likeness (QED) is 0.223. The van der Waals surface area contributed by atoms with Crippen molar-refractivity contribution in [1.29, 1.82) is 0 Å². The van der Waals surface area contributed by atoms with Gasteiger partial charge in [0.05, 0.1) is 12.8 Å². The number of carbonyl (C=O) groups excluding carboxylic acids is 3. The van der Waals surface area contributed by atoms with Gasteiger partial charge in [-0.25, -0.2) is 4.90 Å². The zero-order valence-corrected chi connectivity index (χ0v) is 22.3. The number of rotatable bonds is 6. The fourth-order valence-electron chi connectivity index (χ4n) is 4.82. The van der Waals surface area contributed by atoms with E-state index in [1.165, 1.54) is 29.2 Å². The third-order valence-corrected chi connectivity index (χ3v) is 8.10. The first kappa shape index (κ1) is 26.1. The first-order valence-corrected chi connectivity index (χ1v) is 13.3. The standard InChI is InChI=1S/C28H30N2O4S2/c1-18-14-19(2)17-29(16-18)28(35)36-25-15-26(32)30(27(25)33)22-11-8-20(9-12-22)23(31)13-10-21-6-4-5-7-24(21)34-3/h4-13,18-19,25H,14-17H2,1-3H3/b13-10+/t18-,19-,25-/m0/s1. The van der Waals surface area contributed by atoms with E-state index in [0.29, 0.717) is 33.2 Å². The van der Waals surface area contributed by atoms with Crippen molar-refractivity contribution in [3.63, 3.8) is 0 Å². The van der Waals surface area contributed by atoms with Crippen LogP contribution in [0.5, 0.6) is 5.75 Å². The Morgan fingerprint density at radius 3 is 2.39 bits per heavy atom. The summed E-state index contributed by atoms with van der Waals surface area (Å²) in [5.41, 5.74) is 1.72. The molecule has 0 spiro atoms. The lowest BCUT2D eigenvalue weighted by Crippen LogP contribution is -2.41. The number of amides is 2. The zero-order valence-electron chi connectivity index (χ0n) is 20.7. The van der Waals surface area contributed by atoms with E-state index in [-0.39, 0.29) is 24.0 Å². The summed E-state index contributed by atoms with van der Waals surface area (Å²) in [4.78, 5) is 41.9. The highest BCUT2D eigenvalue weighted by Crippen LogP contribution is 2.33. The lowest BCUT2D eigenvalue weighted by atomic mass is 9.92. The van der Waals surface area contributed by atoms with Crippen molar-refractivity contribution < 1.29 is 19.1 Å². The van der Waals surface area contributed by atoms with E-state index in [2.05, 4.69) is 18.7 Å². The summed E-state index contributed by atoms with van der Waals surface area (Å²) in [6.45, 7) is 6.20. The van der Waals surface area contributed by atoms with E-state index in [4.69, 9.17) is 17.0 Å². The Kier molecular flexibility index (Phi) is 8.26. The predicted octanol–water partition coefficient (Wildman–Crippen LogP) is 5.22. The fourth-order valence-corrected chi connectivity index (χ4v) is 6.29. The molecule has 0 aromatic heterocycles. The fraction of sp³-hybridized carbons (Fsp3) is 0.357. The molecular formula is C28H30N2O4S2. The summed E-state index contributed by atoms with van der Waals surface area (Å²) in [5, 5.41) is -0.525. The van der Waals surface area contributed by atoms with Crippen molar-refractivity contribution in [2.75, 3.05) is 25.1 Å². The van der Waals surface area contributed by atoms with Gasteiger partial charge in [0.15, 0.2) is 5.78 Å². The maximum atomic E-state index is 13.1. The zero-order chi connectivity index (χ0) is 25.8. The number of methoxy groups -OCH3 is 1. The van der Waals surface area contributed by atoms with Crippen LogP contribution in [0.2, 0.25) is 0 Å². The molecule has 8 heteroatoms. The number of benzene rings is 2. The summed E-state index contributed by atoms with van der Waals surface area (Å²) in [6, 6.07) is 14.0. The Morgan fingerprint density at radius 1 is 1.06 bits per heavy atom. The number of nitrogens with zero attached hydrogens (tertiary/aromatic N) is 2. The number of likely N-dealkylation sites (tertiary alicyclic amines) is 1. The van der Waals surface area contributed by atoms with Crippen LogP contribution in [0.4, 0.5) is 5.69 Å². The molecule has 2 aromatic carbocycles. The van der Waals surface area contributed by atoms with Crippen molar-refractivity contribution in [3.8, 4) is 5.75 Å². The van der Waals surface area contributed by atoms with Crippen LogP contribution in [0.25, 0.3) is 6.08 Å². The minimum Gasteiger partial charge on any atom is -0.496 e. The number of thioether (sulfide) groups is 1. The van der Waals surface area contributed by atoms with Crippen molar-refractivity contribution in [3.05, 3.63) is 65.7 Å². The highest BCUT2D eigenvalue weighted by atomic mass is 32.2. The van der Waals surface area contributed by atoms with E-state index in [1.54, 1.807) is 37.5 Å². The number of piperidine rings is 1. The van der Waals surface area contributed by atoms with Crippen molar-refractivity contribution in [2.45, 2.75) is 31.9 Å². The average molecular weight is 523 g/mol. The number of anilines is 1. The molecule has 2 heterocycles. The molecule has 36 heavy (non-hydrogen) atoms. The highest BCUT2D eigenvalue weighted by Gasteiger charge is 2.41. The molecule has 0 unspecified atom stereocenters. The van der Waals surface area contributed by atoms with Crippen molar-refractivity contribution in [1.82, 2.24) is 4.90 Å². The SMILES string of the molecule is COc1ccccc1/C=C/C(=O)c1ccc(N2C(=O)C[C@H](SC(=S)N3C[C@@H](C)C[C@H](C)C3)C2=O)cc1. The molecule has 2 aliphatic heterocycles. The van der Waals surface area contributed by atoms with Gasteiger partial charge in [0.25, 0.3) is 0 Å². The second-order valence-corrected chi connectivity index (χ2v) is 11.3. The van der Waals surface area contributed by atoms with Gasteiger partial charge in [0, 0.05) is 30.6 Å². The number of ketones is 1. The summed E-state index contributed by atoms with van der Waals surface area (Å²) in [6.07, 6.45) is 4.48. The van der Waals surface area contributed by atoms with Gasteiger partial charge in [-0.15, -0.1) is 0 Å². The summed E-state index contributed by atoms with van der Waals surface area (Å²) < 4.78 is 5.99. The van der Waals surface area contributed by atoms with Crippen LogP contribution in [0, 0.1) is 11.8 Å². The van der Waals surface area contributed by atoms with E-state index in [9.17, 15) is 14.4 Å². The smallest absolute Gasteiger partial charge is 0.247 e. The Hall–Kier alpha value is -2.97. The van der Waals surface area contributed by atoms with Crippen LogP contribution in [-0.2, 0) is 9.59 Å². The number of hydrogen-bond acceptors (Lipinski definition) is 6. The van der Waals surface area contributed by atoms with Gasteiger partial charge in [0.1, 0.15) is 15.3 Å². The van der Waals surface area contributed by atoms with Gasteiger partial charge in [0.2, 0.25) is 11.8 Å². The molecule has 3 atom stereocenters. The predicted molar refractivity (Wildman–Crippen MR) is 148 cm³/mol. The van der Waals surface area contributed by atoms with Crippen LogP contribution >= 0.6 is 24.0 Å². The number of para-hydroxylation sites is 1. The lowest BCUT2D eigenvalue weighted by molar-refractivity contribution is -0.121. The average Bonchev–Trinajstić information content (AvgIpc) is 3.14. The molecule has 4 rings (SSSR count). The van der Waals surface area contributed by atoms with Gasteiger partial charge < -0.3 is 9.64 Å². The number of hydrogen-bond donors (Lipinski definition) is 0. The molecule has 0 bridgehead atoms. The first-order valence-electron chi connectivity index (χ1n) is 12.0.